The maximum Gasteiger partial charge on any atom is 0.407 e. The van der Waals surface area contributed by atoms with Gasteiger partial charge >= 0.3 is 6.09 Å². The van der Waals surface area contributed by atoms with Gasteiger partial charge in [0.25, 0.3) is 0 Å². The molecule has 12 bridgehead atoms. The van der Waals surface area contributed by atoms with Gasteiger partial charge in [-0.05, 0) is 82.8 Å². The Morgan fingerprint density at radius 1 is 0.831 bits per heavy atom. The Morgan fingerprint density at radius 3 is 2.36 bits per heavy atom. The van der Waals surface area contributed by atoms with Crippen molar-refractivity contribution in [3.63, 3.8) is 0 Å². The molecule has 10 saturated heterocycles. The van der Waals surface area contributed by atoms with E-state index in [9.17, 15) is 14.7 Å². The van der Waals surface area contributed by atoms with Crippen molar-refractivity contribution < 1.29 is 62.1 Å². The second kappa shape index (κ2) is 16.6. The van der Waals surface area contributed by atoms with Crippen LogP contribution < -0.4 is 5.32 Å². The van der Waals surface area contributed by atoms with Crippen molar-refractivity contribution in [3.05, 3.63) is 24.3 Å². The number of carbonyl (C=O) groups excluding carboxylic acids is 2. The normalized spacial score (nSPS) is 47.7. The smallest absolute Gasteiger partial charge is 0.407 e. The van der Waals surface area contributed by atoms with Crippen LogP contribution in [0.1, 0.15) is 111 Å². The van der Waals surface area contributed by atoms with Crippen LogP contribution in [-0.2, 0) is 52.2 Å². The molecule has 1 spiro atoms. The Hall–Kier alpha value is -1.98. The Bertz CT molecular complexity index is 1600. The number of aliphatic hydroxyl groups is 1. The number of fused-ring (bicyclic) bond motifs is 6. The molecule has 14 heteroatoms. The van der Waals surface area contributed by atoms with E-state index in [0.29, 0.717) is 25.7 Å². The van der Waals surface area contributed by atoms with Crippen molar-refractivity contribution >= 4 is 11.9 Å². The molecule has 10 fully saturated rings. The zero-order valence-electron chi connectivity index (χ0n) is 35.6. The summed E-state index contributed by atoms with van der Waals surface area (Å²) in [5, 5.41) is 13.8. The summed E-state index contributed by atoms with van der Waals surface area (Å²) in [7, 11) is 1.63. The minimum Gasteiger partial charge on any atom is -0.444 e. The lowest BCUT2D eigenvalue weighted by Crippen LogP contribution is -2.61. The van der Waals surface area contributed by atoms with Crippen molar-refractivity contribution in [2.45, 2.75) is 220 Å². The third-order valence-electron chi connectivity index (χ3n) is 14.6. The van der Waals surface area contributed by atoms with Gasteiger partial charge in [0.1, 0.15) is 41.9 Å². The van der Waals surface area contributed by atoms with Gasteiger partial charge in [0.2, 0.25) is 0 Å². The maximum absolute atomic E-state index is 14.2. The van der Waals surface area contributed by atoms with Crippen LogP contribution in [0.5, 0.6) is 0 Å². The van der Waals surface area contributed by atoms with E-state index in [-0.39, 0.29) is 117 Å². The van der Waals surface area contributed by atoms with Crippen LogP contribution >= 0.6 is 0 Å². The summed E-state index contributed by atoms with van der Waals surface area (Å²) in [4.78, 5) is 26.6. The van der Waals surface area contributed by atoms with Crippen LogP contribution in [0.15, 0.2) is 24.3 Å². The SMILES string of the molecule is C=C1CC2CC[C@@]34CC5OC6C(O3)[C@H]3OC(CCC3O[C@H]6C5O4)CC(=O)CC3C(CC4OC(CCC1O2)CC(C)C4=C)O[C@H](CC(O)CNC(=O)OC(C)(C)C)[C@@H]3OC. The molecule has 0 saturated carbocycles. The lowest BCUT2D eigenvalue weighted by molar-refractivity contribution is -0.292. The standard InChI is InChI=1S/C45H67NO13/c1-22-14-27-8-10-31-23(2)15-29(51-31)12-13-45-20-36-39(57-45)40-41(56-36)42(58-45)38-32(55-40)11-9-28(53-38)16-25(47)17-30-34(19-33(52-27)24(22)3)54-35(37(30)50-7)18-26(48)21-46-43(49)59-44(4,5)6/h22,26-42,48H,2-3,8-21H2,1,4-7H3,(H,46,49)/t22?,26?,27?,28?,29?,30?,31?,32?,33?,34?,35-,36?,37-,38+,39?,40+,41?,42?,45+/m1/s1. The second-order valence-electron chi connectivity index (χ2n) is 20.1. The lowest BCUT2D eigenvalue weighted by Gasteiger charge is -2.47. The Balaban J connectivity index is 0.955. The molecule has 0 aromatic carbocycles. The van der Waals surface area contributed by atoms with Crippen molar-refractivity contribution in [1.82, 2.24) is 5.32 Å². The number of rotatable bonds is 5. The number of methoxy groups -OCH3 is 1. The van der Waals surface area contributed by atoms with Crippen LogP contribution in [0.25, 0.3) is 0 Å². The molecule has 59 heavy (non-hydrogen) atoms. The predicted molar refractivity (Wildman–Crippen MR) is 211 cm³/mol. The summed E-state index contributed by atoms with van der Waals surface area (Å²) < 4.78 is 65.7. The number of ether oxygens (including phenoxy) is 10. The first-order valence-electron chi connectivity index (χ1n) is 22.5. The van der Waals surface area contributed by atoms with Crippen molar-refractivity contribution in [3.8, 4) is 0 Å². The molecule has 10 aliphatic heterocycles. The summed E-state index contributed by atoms with van der Waals surface area (Å²) in [6, 6.07) is 0. The van der Waals surface area contributed by atoms with E-state index in [2.05, 4.69) is 25.4 Å². The van der Waals surface area contributed by atoms with Crippen LogP contribution in [0.3, 0.4) is 0 Å². The zero-order valence-corrected chi connectivity index (χ0v) is 35.6. The number of hydrogen-bond acceptors (Lipinski definition) is 13. The van der Waals surface area contributed by atoms with Gasteiger partial charge in [-0.25, -0.2) is 4.79 Å². The highest BCUT2D eigenvalue weighted by Gasteiger charge is 2.68. The molecule has 10 heterocycles. The average Bonchev–Trinajstić information content (AvgIpc) is 3.85. The molecule has 2 N–H and O–H groups in total. The van der Waals surface area contributed by atoms with E-state index in [0.717, 1.165) is 49.7 Å². The topological polar surface area (TPSA) is 159 Å². The van der Waals surface area contributed by atoms with E-state index in [1.54, 1.807) is 27.9 Å². The van der Waals surface area contributed by atoms with Gasteiger partial charge < -0.3 is 57.8 Å². The first-order valence-corrected chi connectivity index (χ1v) is 22.5. The first kappa shape index (κ1) is 42.3. The fourth-order valence-electron chi connectivity index (χ4n) is 11.8. The quantitative estimate of drug-likeness (QED) is 0.357. The molecule has 0 aromatic rings. The number of nitrogens with one attached hydrogen (secondary N) is 1. The number of carbonyl (C=O) groups is 2. The average molecular weight is 830 g/mol. The highest BCUT2D eigenvalue weighted by Crippen LogP contribution is 2.54. The van der Waals surface area contributed by atoms with Crippen molar-refractivity contribution in [2.75, 3.05) is 13.7 Å². The summed E-state index contributed by atoms with van der Waals surface area (Å²) >= 11 is 0. The van der Waals surface area contributed by atoms with Crippen molar-refractivity contribution in [2.24, 2.45) is 11.8 Å². The van der Waals surface area contributed by atoms with Crippen LogP contribution in [0.4, 0.5) is 4.79 Å². The van der Waals surface area contributed by atoms with Gasteiger partial charge in [0, 0.05) is 58.1 Å². The fraction of sp³-hybridized carbons (Fsp3) is 0.867. The largest absolute Gasteiger partial charge is 0.444 e. The minimum absolute atomic E-state index is 0.000416. The van der Waals surface area contributed by atoms with Gasteiger partial charge in [0.05, 0.1) is 67.1 Å². The molecule has 0 aliphatic carbocycles. The second-order valence-corrected chi connectivity index (χ2v) is 20.1. The van der Waals surface area contributed by atoms with E-state index in [1.165, 1.54) is 0 Å². The van der Waals surface area contributed by atoms with Gasteiger partial charge in [-0.2, -0.15) is 0 Å². The van der Waals surface area contributed by atoms with Gasteiger partial charge in [-0.1, -0.05) is 20.1 Å². The summed E-state index contributed by atoms with van der Waals surface area (Å²) in [5.41, 5.74) is 1.48. The number of hydrogen-bond donors (Lipinski definition) is 2. The lowest BCUT2D eigenvalue weighted by atomic mass is 9.81. The predicted octanol–water partition coefficient (Wildman–Crippen LogP) is 5.00. The number of alkyl carbamates (subject to hydrolysis) is 1. The minimum atomic E-state index is -0.935. The monoisotopic (exact) mass is 829 g/mol. The highest BCUT2D eigenvalue weighted by atomic mass is 16.8. The Kier molecular flexibility index (Phi) is 11.9. The number of ketones is 1. The number of aliphatic hydroxyl groups excluding tert-OH is 1. The van der Waals surface area contributed by atoms with E-state index in [4.69, 9.17) is 47.4 Å². The molecule has 14 nitrogen and oxygen atoms in total. The fourth-order valence-corrected chi connectivity index (χ4v) is 11.8. The molecule has 1 amide bonds. The molecule has 14 unspecified atom stereocenters. The van der Waals surface area contributed by atoms with Crippen LogP contribution in [0.2, 0.25) is 0 Å². The summed E-state index contributed by atoms with van der Waals surface area (Å²) in [6.07, 6.45) is 2.78. The zero-order chi connectivity index (χ0) is 41.4. The Morgan fingerprint density at radius 2 is 1.56 bits per heavy atom. The third kappa shape index (κ3) is 8.71. The van der Waals surface area contributed by atoms with E-state index < -0.39 is 41.9 Å². The highest BCUT2D eigenvalue weighted by molar-refractivity contribution is 5.79. The molecule has 10 rings (SSSR count). The molecule has 10 aliphatic rings. The number of amides is 1. The molecule has 0 aromatic heterocycles. The van der Waals surface area contributed by atoms with Gasteiger partial charge in [-0.15, -0.1) is 0 Å². The van der Waals surface area contributed by atoms with Crippen molar-refractivity contribution in [1.29, 1.82) is 0 Å². The van der Waals surface area contributed by atoms with Gasteiger partial charge in [-0.3, -0.25) is 4.79 Å². The number of Topliss-reactive ketones (excluding diaryl/α,β-unsaturated/α-hetero) is 1. The summed E-state index contributed by atoms with van der Waals surface area (Å²) in [5.74, 6) is -0.821. The molecular weight excluding hydrogens is 762 g/mol. The molecular formula is C45H67NO13. The van der Waals surface area contributed by atoms with Gasteiger partial charge in [0.15, 0.2) is 5.79 Å². The summed E-state index contributed by atoms with van der Waals surface area (Å²) in [6.45, 7) is 16.5. The van der Waals surface area contributed by atoms with Crippen LogP contribution in [-0.4, -0.2) is 140 Å². The Labute approximate surface area is 348 Å². The molecule has 330 valence electrons. The first-order chi connectivity index (χ1) is 28.1. The molecule has 0 radical (unpaired) electrons. The van der Waals surface area contributed by atoms with Crippen LogP contribution in [0, 0.1) is 11.8 Å². The third-order valence-corrected chi connectivity index (χ3v) is 14.6. The maximum atomic E-state index is 14.2. The van der Waals surface area contributed by atoms with E-state index in [1.807, 2.05) is 0 Å². The molecule has 19 atom stereocenters. The van der Waals surface area contributed by atoms with E-state index >= 15 is 0 Å².